The molecule has 2 heterocycles. The van der Waals surface area contributed by atoms with Crippen LogP contribution in [0.1, 0.15) is 17.0 Å². The van der Waals surface area contributed by atoms with Gasteiger partial charge in [0.05, 0.1) is 11.9 Å². The van der Waals surface area contributed by atoms with Crippen LogP contribution < -0.4 is 11.1 Å². The molecule has 0 bridgehead atoms. The van der Waals surface area contributed by atoms with Gasteiger partial charge in [0.15, 0.2) is 5.82 Å². The maximum atomic E-state index is 11.6. The molecule has 0 aliphatic carbocycles. The molecule has 8 heteroatoms. The first-order valence-electron chi connectivity index (χ1n) is 5.90. The highest BCUT2D eigenvalue weighted by molar-refractivity contribution is 5.75. The van der Waals surface area contributed by atoms with Gasteiger partial charge in [-0.05, 0) is 20.3 Å². The van der Waals surface area contributed by atoms with E-state index in [1.54, 1.807) is 0 Å². The smallest absolute Gasteiger partial charge is 0.241 e. The molecule has 0 aliphatic rings. The molecule has 0 fully saturated rings. The van der Waals surface area contributed by atoms with Gasteiger partial charge in [-0.1, -0.05) is 10.4 Å². The fraction of sp³-hybridized carbons (Fsp3) is 0.455. The molecule has 0 saturated carbocycles. The lowest BCUT2D eigenvalue weighted by atomic mass is 10.1. The molecule has 2 rings (SSSR count). The van der Waals surface area contributed by atoms with E-state index in [1.807, 2.05) is 13.8 Å². The first-order valence-corrected chi connectivity index (χ1v) is 5.90. The number of aryl methyl sites for hydroxylation is 2. The summed E-state index contributed by atoms with van der Waals surface area (Å²) in [7, 11) is 0. The fourth-order valence-corrected chi connectivity index (χ4v) is 1.78. The summed E-state index contributed by atoms with van der Waals surface area (Å²) in [6.45, 7) is 4.36. The number of nitrogens with one attached hydrogen (secondary N) is 1. The van der Waals surface area contributed by atoms with Crippen molar-refractivity contribution in [3.05, 3.63) is 23.2 Å². The van der Waals surface area contributed by atoms with Crippen LogP contribution in [0.25, 0.3) is 0 Å². The molecule has 0 radical (unpaired) electrons. The van der Waals surface area contributed by atoms with Gasteiger partial charge in [0.25, 0.3) is 0 Å². The van der Waals surface area contributed by atoms with E-state index in [1.165, 1.54) is 10.9 Å². The van der Waals surface area contributed by atoms with E-state index < -0.39 is 0 Å². The predicted octanol–water partition coefficient (Wildman–Crippen LogP) is -0.176. The third-order valence-corrected chi connectivity index (χ3v) is 2.74. The molecule has 0 aliphatic heterocycles. The van der Waals surface area contributed by atoms with E-state index in [0.29, 0.717) is 18.8 Å². The second-order valence-corrected chi connectivity index (χ2v) is 4.24. The Balaban J connectivity index is 1.78. The highest BCUT2D eigenvalue weighted by Gasteiger charge is 2.09. The van der Waals surface area contributed by atoms with Gasteiger partial charge in [-0.3, -0.25) is 4.79 Å². The molecule has 1 amide bonds. The Bertz CT molecular complexity index is 554. The van der Waals surface area contributed by atoms with E-state index in [4.69, 9.17) is 10.3 Å². The van der Waals surface area contributed by atoms with Crippen molar-refractivity contribution in [1.29, 1.82) is 0 Å². The summed E-state index contributed by atoms with van der Waals surface area (Å²) in [5.74, 6) is 0.941. The standard InChI is InChI=1S/C11H16N6O2/c1-7-9(8(2)19-15-7)3-4-13-11(18)6-17-5-10(12)14-16-17/h5H,3-4,6,12H2,1-2H3,(H,13,18). The van der Waals surface area contributed by atoms with Gasteiger partial charge in [0.1, 0.15) is 12.3 Å². The number of carbonyl (C=O) groups is 1. The summed E-state index contributed by atoms with van der Waals surface area (Å²) in [4.78, 5) is 11.6. The lowest BCUT2D eigenvalue weighted by Gasteiger charge is -2.04. The molecule has 0 atom stereocenters. The zero-order chi connectivity index (χ0) is 13.8. The summed E-state index contributed by atoms with van der Waals surface area (Å²) >= 11 is 0. The van der Waals surface area contributed by atoms with Crippen LogP contribution in [0.3, 0.4) is 0 Å². The number of aromatic nitrogens is 4. The Morgan fingerprint density at radius 2 is 2.32 bits per heavy atom. The van der Waals surface area contributed by atoms with Crippen LogP contribution in [0.2, 0.25) is 0 Å². The zero-order valence-corrected chi connectivity index (χ0v) is 10.9. The summed E-state index contributed by atoms with van der Waals surface area (Å²) in [6.07, 6.45) is 2.19. The molecule has 8 nitrogen and oxygen atoms in total. The van der Waals surface area contributed by atoms with Crippen LogP contribution in [-0.2, 0) is 17.8 Å². The zero-order valence-electron chi connectivity index (χ0n) is 10.9. The van der Waals surface area contributed by atoms with Crippen LogP contribution >= 0.6 is 0 Å². The van der Waals surface area contributed by atoms with E-state index in [9.17, 15) is 4.79 Å². The van der Waals surface area contributed by atoms with Crippen molar-refractivity contribution in [2.24, 2.45) is 0 Å². The average molecular weight is 264 g/mol. The number of anilines is 1. The van der Waals surface area contributed by atoms with Crippen molar-refractivity contribution in [3.8, 4) is 0 Å². The average Bonchev–Trinajstić information content (AvgIpc) is 2.89. The summed E-state index contributed by atoms with van der Waals surface area (Å²) < 4.78 is 6.44. The van der Waals surface area contributed by atoms with Crippen LogP contribution in [0.4, 0.5) is 5.82 Å². The lowest BCUT2D eigenvalue weighted by molar-refractivity contribution is -0.121. The number of nitrogens with zero attached hydrogens (tertiary/aromatic N) is 4. The number of rotatable bonds is 5. The van der Waals surface area contributed by atoms with Gasteiger partial charge < -0.3 is 15.6 Å². The number of nitrogens with two attached hydrogens (primary N) is 1. The van der Waals surface area contributed by atoms with Crippen LogP contribution in [0.5, 0.6) is 0 Å². The van der Waals surface area contributed by atoms with E-state index >= 15 is 0 Å². The second kappa shape index (κ2) is 5.51. The van der Waals surface area contributed by atoms with Gasteiger partial charge >= 0.3 is 0 Å². The Kier molecular flexibility index (Phi) is 3.79. The molecule has 0 unspecified atom stereocenters. The molecule has 0 saturated heterocycles. The monoisotopic (exact) mass is 264 g/mol. The number of nitrogen functional groups attached to an aromatic ring is 1. The largest absolute Gasteiger partial charge is 0.381 e. The molecule has 0 spiro atoms. The fourth-order valence-electron chi connectivity index (χ4n) is 1.78. The topological polar surface area (TPSA) is 112 Å². The van der Waals surface area contributed by atoms with Crippen molar-refractivity contribution >= 4 is 11.7 Å². The normalized spacial score (nSPS) is 10.6. The number of amides is 1. The van der Waals surface area contributed by atoms with Crippen LogP contribution in [0.15, 0.2) is 10.7 Å². The highest BCUT2D eigenvalue weighted by Crippen LogP contribution is 2.11. The Morgan fingerprint density at radius 3 is 2.89 bits per heavy atom. The van der Waals surface area contributed by atoms with Crippen molar-refractivity contribution in [1.82, 2.24) is 25.5 Å². The molecule has 102 valence electrons. The summed E-state index contributed by atoms with van der Waals surface area (Å²) in [5, 5.41) is 14.0. The lowest BCUT2D eigenvalue weighted by Crippen LogP contribution is -2.29. The molecule has 0 aromatic carbocycles. The first kappa shape index (κ1) is 13.1. The van der Waals surface area contributed by atoms with Crippen molar-refractivity contribution < 1.29 is 9.32 Å². The third-order valence-electron chi connectivity index (χ3n) is 2.74. The number of hydrogen-bond acceptors (Lipinski definition) is 6. The molecular weight excluding hydrogens is 248 g/mol. The first-order chi connectivity index (χ1) is 9.06. The molecule has 2 aromatic heterocycles. The van der Waals surface area contributed by atoms with Gasteiger partial charge in [0.2, 0.25) is 5.91 Å². The van der Waals surface area contributed by atoms with Crippen molar-refractivity contribution in [3.63, 3.8) is 0 Å². The third kappa shape index (κ3) is 3.30. The van der Waals surface area contributed by atoms with Crippen molar-refractivity contribution in [2.45, 2.75) is 26.8 Å². The Morgan fingerprint density at radius 1 is 1.53 bits per heavy atom. The molecule has 3 N–H and O–H groups in total. The second-order valence-electron chi connectivity index (χ2n) is 4.24. The molecule has 2 aromatic rings. The molecule has 19 heavy (non-hydrogen) atoms. The highest BCUT2D eigenvalue weighted by atomic mass is 16.5. The van der Waals surface area contributed by atoms with Crippen LogP contribution in [0, 0.1) is 13.8 Å². The van der Waals surface area contributed by atoms with Crippen LogP contribution in [-0.4, -0.2) is 32.6 Å². The SMILES string of the molecule is Cc1noc(C)c1CCNC(=O)Cn1cc(N)nn1. The number of carbonyl (C=O) groups excluding carboxylic acids is 1. The summed E-state index contributed by atoms with van der Waals surface area (Å²) in [5.41, 5.74) is 7.30. The maximum absolute atomic E-state index is 11.6. The van der Waals surface area contributed by atoms with Gasteiger partial charge in [-0.15, -0.1) is 5.10 Å². The predicted molar refractivity (Wildman–Crippen MR) is 67.1 cm³/mol. The minimum Gasteiger partial charge on any atom is -0.381 e. The minimum absolute atomic E-state index is 0.103. The maximum Gasteiger partial charge on any atom is 0.241 e. The van der Waals surface area contributed by atoms with Gasteiger partial charge in [0, 0.05) is 12.1 Å². The Labute approximate surface area is 109 Å². The summed E-state index contributed by atoms with van der Waals surface area (Å²) in [6, 6.07) is 0. The van der Waals surface area contributed by atoms with Gasteiger partial charge in [-0.25, -0.2) is 4.68 Å². The quantitative estimate of drug-likeness (QED) is 0.775. The minimum atomic E-state index is -0.142. The Hall–Kier alpha value is -2.38. The van der Waals surface area contributed by atoms with Crippen molar-refractivity contribution in [2.75, 3.05) is 12.3 Å². The van der Waals surface area contributed by atoms with E-state index in [-0.39, 0.29) is 12.5 Å². The van der Waals surface area contributed by atoms with Gasteiger partial charge in [-0.2, -0.15) is 0 Å². The van der Waals surface area contributed by atoms with E-state index in [2.05, 4.69) is 20.8 Å². The number of hydrogen-bond donors (Lipinski definition) is 2. The molecular formula is C11H16N6O2. The van der Waals surface area contributed by atoms with E-state index in [0.717, 1.165) is 17.0 Å².